The number of benzene rings is 1. The van der Waals surface area contributed by atoms with Crippen LogP contribution in [0.1, 0.15) is 15.6 Å². The van der Waals surface area contributed by atoms with E-state index in [1.54, 1.807) is 30.3 Å². The van der Waals surface area contributed by atoms with E-state index in [9.17, 15) is 8.42 Å². The standard InChI is InChI=1S/C21H23N5O5S2/c1-13-18(32-14(2)22-13)10-12-33(27,28)25-21-24-23-20(17-9-6-11-31-17)26(21)19-15(29-3)7-5-8-16(19)30-4/h5-9,11H,10,12H2,1-4H3,(H,24,25). The van der Waals surface area contributed by atoms with Gasteiger partial charge in [-0.2, -0.15) is 0 Å². The minimum absolute atomic E-state index is 0.0126. The zero-order valence-corrected chi connectivity index (χ0v) is 20.2. The topological polar surface area (TPSA) is 121 Å². The Kier molecular flexibility index (Phi) is 6.38. The summed E-state index contributed by atoms with van der Waals surface area (Å²) in [5, 5.41) is 9.18. The molecule has 0 aliphatic rings. The number of aryl methyl sites for hydroxylation is 3. The van der Waals surface area contributed by atoms with Crippen LogP contribution in [0.15, 0.2) is 41.0 Å². The molecular weight excluding hydrogens is 466 g/mol. The average molecular weight is 490 g/mol. The molecule has 0 atom stereocenters. The maximum Gasteiger partial charge on any atom is 0.243 e. The van der Waals surface area contributed by atoms with Crippen molar-refractivity contribution < 1.29 is 22.3 Å². The summed E-state index contributed by atoms with van der Waals surface area (Å²) < 4.78 is 46.6. The van der Waals surface area contributed by atoms with Crippen LogP contribution in [-0.4, -0.2) is 48.1 Å². The maximum atomic E-state index is 13.0. The van der Waals surface area contributed by atoms with Gasteiger partial charge in [0, 0.05) is 4.88 Å². The normalized spacial score (nSPS) is 11.5. The van der Waals surface area contributed by atoms with Gasteiger partial charge >= 0.3 is 0 Å². The molecule has 0 fully saturated rings. The molecule has 0 amide bonds. The molecular formula is C21H23N5O5S2. The molecule has 0 radical (unpaired) electrons. The Morgan fingerprint density at radius 1 is 1.09 bits per heavy atom. The second-order valence-electron chi connectivity index (χ2n) is 7.08. The third-order valence-electron chi connectivity index (χ3n) is 4.87. The summed E-state index contributed by atoms with van der Waals surface area (Å²) in [6, 6.07) is 8.64. The van der Waals surface area contributed by atoms with Gasteiger partial charge in [-0.3, -0.25) is 9.29 Å². The number of ether oxygens (including phenoxy) is 2. The Morgan fingerprint density at radius 2 is 1.82 bits per heavy atom. The van der Waals surface area contributed by atoms with Crippen LogP contribution in [0.3, 0.4) is 0 Å². The lowest BCUT2D eigenvalue weighted by Crippen LogP contribution is -2.21. The molecule has 33 heavy (non-hydrogen) atoms. The summed E-state index contributed by atoms with van der Waals surface area (Å²) in [6.07, 6.45) is 1.83. The van der Waals surface area contributed by atoms with E-state index in [1.807, 2.05) is 13.8 Å². The summed E-state index contributed by atoms with van der Waals surface area (Å²) in [7, 11) is -0.747. The fourth-order valence-corrected chi connectivity index (χ4v) is 5.45. The first-order chi connectivity index (χ1) is 15.8. The molecule has 0 saturated heterocycles. The van der Waals surface area contributed by atoms with Gasteiger partial charge in [-0.25, -0.2) is 13.4 Å². The molecule has 0 aliphatic carbocycles. The molecule has 0 saturated carbocycles. The third-order valence-corrected chi connectivity index (χ3v) is 7.24. The highest BCUT2D eigenvalue weighted by Gasteiger charge is 2.26. The molecule has 3 heterocycles. The first-order valence-corrected chi connectivity index (χ1v) is 12.4. The predicted molar refractivity (Wildman–Crippen MR) is 125 cm³/mol. The summed E-state index contributed by atoms with van der Waals surface area (Å²) in [5.41, 5.74) is 1.28. The van der Waals surface area contributed by atoms with Crippen LogP contribution >= 0.6 is 11.3 Å². The van der Waals surface area contributed by atoms with Gasteiger partial charge in [-0.1, -0.05) is 6.07 Å². The van der Waals surface area contributed by atoms with E-state index in [4.69, 9.17) is 13.9 Å². The second-order valence-corrected chi connectivity index (χ2v) is 10.2. The number of rotatable bonds is 9. The Labute approximate surface area is 195 Å². The number of anilines is 1. The minimum atomic E-state index is -3.77. The highest BCUT2D eigenvalue weighted by atomic mass is 32.2. The first-order valence-electron chi connectivity index (χ1n) is 9.97. The maximum absolute atomic E-state index is 13.0. The van der Waals surface area contributed by atoms with E-state index in [0.717, 1.165) is 15.6 Å². The molecule has 4 aromatic rings. The van der Waals surface area contributed by atoms with Gasteiger partial charge < -0.3 is 13.9 Å². The molecule has 1 N–H and O–H groups in total. The number of nitrogens with one attached hydrogen (secondary N) is 1. The minimum Gasteiger partial charge on any atom is -0.494 e. The Morgan fingerprint density at radius 3 is 2.39 bits per heavy atom. The van der Waals surface area contributed by atoms with Crippen LogP contribution in [0.4, 0.5) is 5.95 Å². The van der Waals surface area contributed by atoms with Crippen molar-refractivity contribution in [3.8, 4) is 28.8 Å². The summed E-state index contributed by atoms with van der Waals surface area (Å²) in [6.45, 7) is 3.77. The first kappa shape index (κ1) is 22.8. The highest BCUT2D eigenvalue weighted by molar-refractivity contribution is 7.92. The molecule has 0 aliphatic heterocycles. The molecule has 174 valence electrons. The van der Waals surface area contributed by atoms with E-state index in [-0.39, 0.29) is 17.5 Å². The summed E-state index contributed by atoms with van der Waals surface area (Å²) in [5.74, 6) is 1.42. The van der Waals surface area contributed by atoms with Gasteiger partial charge in [0.1, 0.15) is 17.2 Å². The fourth-order valence-electron chi connectivity index (χ4n) is 3.40. The third kappa shape index (κ3) is 4.71. The number of furan rings is 1. The van der Waals surface area contributed by atoms with Crippen molar-refractivity contribution in [3.63, 3.8) is 0 Å². The molecule has 0 bridgehead atoms. The van der Waals surface area contributed by atoms with Crippen molar-refractivity contribution in [3.05, 3.63) is 52.2 Å². The van der Waals surface area contributed by atoms with Gasteiger partial charge in [0.25, 0.3) is 0 Å². The van der Waals surface area contributed by atoms with Gasteiger partial charge in [0.2, 0.25) is 21.8 Å². The van der Waals surface area contributed by atoms with Gasteiger partial charge in [-0.15, -0.1) is 21.5 Å². The van der Waals surface area contributed by atoms with Crippen molar-refractivity contribution in [1.29, 1.82) is 0 Å². The molecule has 12 heteroatoms. The highest BCUT2D eigenvalue weighted by Crippen LogP contribution is 2.37. The van der Waals surface area contributed by atoms with E-state index >= 15 is 0 Å². The largest absolute Gasteiger partial charge is 0.494 e. The molecule has 3 aromatic heterocycles. The number of aromatic nitrogens is 4. The number of sulfonamides is 1. The lowest BCUT2D eigenvalue weighted by molar-refractivity contribution is 0.391. The SMILES string of the molecule is COc1cccc(OC)c1-n1c(NS(=O)(=O)CCc2sc(C)nc2C)nnc1-c1ccco1. The van der Waals surface area contributed by atoms with Crippen LogP contribution in [0.5, 0.6) is 11.5 Å². The van der Waals surface area contributed by atoms with Crippen LogP contribution < -0.4 is 14.2 Å². The predicted octanol–water partition coefficient (Wildman–Crippen LogP) is 3.60. The van der Waals surface area contributed by atoms with Crippen LogP contribution in [-0.2, 0) is 16.4 Å². The van der Waals surface area contributed by atoms with Crippen molar-refractivity contribution in [1.82, 2.24) is 19.7 Å². The Hall–Kier alpha value is -3.38. The lowest BCUT2D eigenvalue weighted by Gasteiger charge is -2.17. The van der Waals surface area contributed by atoms with Crippen molar-refractivity contribution in [2.24, 2.45) is 0 Å². The number of methoxy groups -OCH3 is 2. The van der Waals surface area contributed by atoms with E-state index in [0.29, 0.717) is 29.4 Å². The molecule has 10 nitrogen and oxygen atoms in total. The van der Waals surface area contributed by atoms with Crippen molar-refractivity contribution in [2.75, 3.05) is 24.7 Å². The summed E-state index contributed by atoms with van der Waals surface area (Å²) in [4.78, 5) is 5.29. The van der Waals surface area contributed by atoms with E-state index < -0.39 is 10.0 Å². The summed E-state index contributed by atoms with van der Waals surface area (Å²) >= 11 is 1.49. The van der Waals surface area contributed by atoms with E-state index in [2.05, 4.69) is 19.9 Å². The van der Waals surface area contributed by atoms with Gasteiger partial charge in [0.15, 0.2) is 5.76 Å². The monoisotopic (exact) mass is 489 g/mol. The van der Waals surface area contributed by atoms with Gasteiger partial charge in [-0.05, 0) is 44.5 Å². The fraction of sp³-hybridized carbons (Fsp3) is 0.286. The number of hydrogen-bond acceptors (Lipinski definition) is 9. The van der Waals surface area contributed by atoms with Crippen molar-refractivity contribution >= 4 is 27.3 Å². The number of para-hydroxylation sites is 1. The van der Waals surface area contributed by atoms with Crippen LogP contribution in [0, 0.1) is 13.8 Å². The second kappa shape index (κ2) is 9.24. The lowest BCUT2D eigenvalue weighted by atomic mass is 10.2. The Balaban J connectivity index is 1.75. The quantitative estimate of drug-likeness (QED) is 0.378. The van der Waals surface area contributed by atoms with Crippen LogP contribution in [0.2, 0.25) is 0 Å². The van der Waals surface area contributed by atoms with E-state index in [1.165, 1.54) is 36.4 Å². The average Bonchev–Trinajstić information content (AvgIpc) is 3.51. The van der Waals surface area contributed by atoms with Crippen LogP contribution in [0.25, 0.3) is 17.3 Å². The number of hydrogen-bond donors (Lipinski definition) is 1. The number of thiazole rings is 1. The number of nitrogens with zero attached hydrogens (tertiary/aromatic N) is 4. The van der Waals surface area contributed by atoms with Gasteiger partial charge in [0.05, 0.1) is 36.9 Å². The zero-order valence-electron chi connectivity index (χ0n) is 18.5. The Bertz CT molecular complexity index is 1340. The smallest absolute Gasteiger partial charge is 0.243 e. The molecule has 1 aromatic carbocycles. The zero-order chi connectivity index (χ0) is 23.6. The molecule has 0 unspecified atom stereocenters. The molecule has 0 spiro atoms. The van der Waals surface area contributed by atoms with Crippen molar-refractivity contribution in [2.45, 2.75) is 20.3 Å². The molecule has 4 rings (SSSR count).